The van der Waals surface area contributed by atoms with Crippen molar-refractivity contribution in [1.82, 2.24) is 4.57 Å². The Labute approximate surface area is 175 Å². The van der Waals surface area contributed by atoms with E-state index in [2.05, 4.69) is 6.07 Å². The molecule has 1 aromatic heterocycles. The first-order chi connectivity index (χ1) is 14.7. The lowest BCUT2D eigenvalue weighted by Gasteiger charge is -2.12. The number of nitriles is 1. The third-order valence-corrected chi connectivity index (χ3v) is 4.32. The largest absolute Gasteiger partial charge is 0.467 e. The molecule has 0 unspecified atom stereocenters. The van der Waals surface area contributed by atoms with Gasteiger partial charge in [0, 0.05) is 36.8 Å². The second-order valence-corrected chi connectivity index (χ2v) is 6.34. The molecular weight excluding hydrogens is 380 g/mol. The minimum atomic E-state index is -0.466. The van der Waals surface area contributed by atoms with Gasteiger partial charge in [-0.2, -0.15) is 5.26 Å². The number of ether oxygens (including phenoxy) is 3. The summed E-state index contributed by atoms with van der Waals surface area (Å²) in [6.07, 6.45) is 7.46. The number of carbonyl (C=O) groups is 1. The Morgan fingerprint density at radius 1 is 1.13 bits per heavy atom. The highest BCUT2D eigenvalue weighted by Crippen LogP contribution is 2.26. The summed E-state index contributed by atoms with van der Waals surface area (Å²) in [5.74, 6) is -0.117. The van der Waals surface area contributed by atoms with Crippen LogP contribution in [0, 0.1) is 11.3 Å². The second-order valence-electron chi connectivity index (χ2n) is 6.34. The minimum absolute atomic E-state index is 0.00392. The molecule has 3 aromatic rings. The van der Waals surface area contributed by atoms with Gasteiger partial charge in [0.05, 0.1) is 12.2 Å². The molecule has 2 aromatic carbocycles. The van der Waals surface area contributed by atoms with Crippen molar-refractivity contribution in [2.75, 3.05) is 20.5 Å². The maximum Gasteiger partial charge on any atom is 0.341 e. The molecule has 0 radical (unpaired) electrons. The van der Waals surface area contributed by atoms with Gasteiger partial charge in [0.2, 0.25) is 0 Å². The van der Waals surface area contributed by atoms with Gasteiger partial charge >= 0.3 is 5.97 Å². The molecule has 1 heterocycles. The van der Waals surface area contributed by atoms with Crippen LogP contribution in [0.1, 0.15) is 34.0 Å². The summed E-state index contributed by atoms with van der Waals surface area (Å²) in [6.45, 7) is 2.01. The molecule has 6 nitrogen and oxygen atoms in total. The number of methoxy groups -OCH3 is 1. The van der Waals surface area contributed by atoms with Crippen molar-refractivity contribution in [3.05, 3.63) is 83.2 Å². The van der Waals surface area contributed by atoms with Crippen molar-refractivity contribution in [2.24, 2.45) is 0 Å². The van der Waals surface area contributed by atoms with E-state index >= 15 is 0 Å². The molecule has 3 rings (SSSR count). The van der Waals surface area contributed by atoms with Crippen LogP contribution in [0.4, 0.5) is 0 Å². The van der Waals surface area contributed by atoms with Gasteiger partial charge in [0.15, 0.2) is 6.79 Å². The highest BCUT2D eigenvalue weighted by molar-refractivity contribution is 5.93. The lowest BCUT2D eigenvalue weighted by atomic mass is 10.1. The molecule has 0 aliphatic carbocycles. The maximum atomic E-state index is 12.2. The van der Waals surface area contributed by atoms with Crippen molar-refractivity contribution in [2.45, 2.75) is 6.92 Å². The van der Waals surface area contributed by atoms with Crippen LogP contribution < -0.4 is 4.74 Å². The number of aromatic nitrogens is 1. The number of carbonyl (C=O) groups excluding carboxylic acids is 1. The fraction of sp³-hybridized carbons (Fsp3) is 0.167. The molecular formula is C24H22N2O4. The summed E-state index contributed by atoms with van der Waals surface area (Å²) in [6, 6.07) is 17.2. The monoisotopic (exact) mass is 402 g/mol. The van der Waals surface area contributed by atoms with Crippen LogP contribution >= 0.6 is 0 Å². The first kappa shape index (κ1) is 20.9. The van der Waals surface area contributed by atoms with E-state index in [1.807, 2.05) is 53.2 Å². The van der Waals surface area contributed by atoms with Gasteiger partial charge in [-0.15, -0.1) is 0 Å². The average Bonchev–Trinajstić information content (AvgIpc) is 3.20. The zero-order chi connectivity index (χ0) is 21.3. The summed E-state index contributed by atoms with van der Waals surface area (Å²) < 4.78 is 17.4. The number of rotatable bonds is 8. The Morgan fingerprint density at radius 2 is 1.93 bits per heavy atom. The van der Waals surface area contributed by atoms with Gasteiger partial charge in [-0.25, -0.2) is 4.79 Å². The number of hydrogen-bond donors (Lipinski definition) is 0. The number of nitrogens with zero attached hydrogens (tertiary/aromatic N) is 2. The van der Waals surface area contributed by atoms with Crippen molar-refractivity contribution in [1.29, 1.82) is 5.26 Å². The SMILES string of the molecule is CCOC(=O)c1ccc(-n2cc(C#N)c(/C=C/c3ccccc3)c2)cc1OCOC. The molecule has 0 amide bonds. The lowest BCUT2D eigenvalue weighted by Crippen LogP contribution is -2.10. The zero-order valence-electron chi connectivity index (χ0n) is 16.9. The Morgan fingerprint density at radius 3 is 2.63 bits per heavy atom. The van der Waals surface area contributed by atoms with Crippen LogP contribution in [0.3, 0.4) is 0 Å². The molecule has 0 aliphatic heterocycles. The lowest BCUT2D eigenvalue weighted by molar-refractivity contribution is 0.0438. The van der Waals surface area contributed by atoms with E-state index in [9.17, 15) is 10.1 Å². The Balaban J connectivity index is 1.95. The summed E-state index contributed by atoms with van der Waals surface area (Å²) in [5, 5.41) is 9.52. The Kier molecular flexibility index (Phi) is 7.04. The standard InChI is InChI=1S/C24H22N2O4/c1-3-29-24(27)22-12-11-21(13-23(22)30-17-28-2)26-15-19(20(14-25)16-26)10-9-18-7-5-4-6-8-18/h4-13,15-16H,3,17H2,1-2H3/b10-9+. The molecule has 0 spiro atoms. The first-order valence-corrected chi connectivity index (χ1v) is 9.44. The fourth-order valence-electron chi connectivity index (χ4n) is 2.89. The topological polar surface area (TPSA) is 73.5 Å². The van der Waals surface area contributed by atoms with Crippen molar-refractivity contribution in [3.8, 4) is 17.5 Å². The van der Waals surface area contributed by atoms with E-state index < -0.39 is 5.97 Å². The number of benzene rings is 2. The number of hydrogen-bond acceptors (Lipinski definition) is 5. The summed E-state index contributed by atoms with van der Waals surface area (Å²) >= 11 is 0. The van der Waals surface area contributed by atoms with Crippen LogP contribution in [0.5, 0.6) is 5.75 Å². The average molecular weight is 402 g/mol. The predicted molar refractivity (Wildman–Crippen MR) is 114 cm³/mol. The third-order valence-electron chi connectivity index (χ3n) is 4.32. The van der Waals surface area contributed by atoms with E-state index in [1.54, 1.807) is 31.3 Å². The van der Waals surface area contributed by atoms with Crippen LogP contribution in [0.2, 0.25) is 0 Å². The molecule has 0 saturated carbocycles. The molecule has 0 bridgehead atoms. The predicted octanol–water partition coefficient (Wildman–Crippen LogP) is 4.68. The van der Waals surface area contributed by atoms with Crippen LogP contribution in [0.15, 0.2) is 60.9 Å². The molecule has 6 heteroatoms. The van der Waals surface area contributed by atoms with Crippen LogP contribution in [0.25, 0.3) is 17.8 Å². The van der Waals surface area contributed by atoms with Crippen LogP contribution in [-0.4, -0.2) is 31.0 Å². The minimum Gasteiger partial charge on any atom is -0.467 e. The number of esters is 1. The van der Waals surface area contributed by atoms with Gasteiger partial charge in [0.25, 0.3) is 0 Å². The molecule has 0 aliphatic rings. The highest BCUT2D eigenvalue weighted by Gasteiger charge is 2.16. The van der Waals surface area contributed by atoms with Crippen LogP contribution in [-0.2, 0) is 9.47 Å². The molecule has 0 atom stereocenters. The third kappa shape index (κ3) is 4.96. The zero-order valence-corrected chi connectivity index (χ0v) is 16.9. The van der Waals surface area contributed by atoms with Gasteiger partial charge in [0.1, 0.15) is 17.4 Å². The maximum absolute atomic E-state index is 12.2. The van der Waals surface area contributed by atoms with E-state index in [1.165, 1.54) is 7.11 Å². The normalized spacial score (nSPS) is 10.7. The second kappa shape index (κ2) is 10.1. The van der Waals surface area contributed by atoms with Crippen molar-refractivity contribution < 1.29 is 19.0 Å². The van der Waals surface area contributed by atoms with Gasteiger partial charge in [-0.05, 0) is 24.6 Å². The van der Waals surface area contributed by atoms with Gasteiger partial charge in [-0.3, -0.25) is 0 Å². The summed E-state index contributed by atoms with van der Waals surface area (Å²) in [5.41, 5.74) is 3.42. The Bertz CT molecular complexity index is 1080. The molecule has 0 saturated heterocycles. The van der Waals surface area contributed by atoms with Gasteiger partial charge in [-0.1, -0.05) is 42.5 Å². The van der Waals surface area contributed by atoms with Crippen molar-refractivity contribution in [3.63, 3.8) is 0 Å². The first-order valence-electron chi connectivity index (χ1n) is 9.44. The van der Waals surface area contributed by atoms with E-state index in [0.717, 1.165) is 16.8 Å². The molecule has 30 heavy (non-hydrogen) atoms. The fourth-order valence-corrected chi connectivity index (χ4v) is 2.89. The molecule has 0 fully saturated rings. The van der Waals surface area contributed by atoms with E-state index in [0.29, 0.717) is 16.9 Å². The summed E-state index contributed by atoms with van der Waals surface area (Å²) in [7, 11) is 1.50. The molecule has 0 N–H and O–H groups in total. The summed E-state index contributed by atoms with van der Waals surface area (Å²) in [4.78, 5) is 12.2. The highest BCUT2D eigenvalue weighted by atomic mass is 16.7. The Hall–Kier alpha value is -3.82. The van der Waals surface area contributed by atoms with E-state index in [4.69, 9.17) is 14.2 Å². The van der Waals surface area contributed by atoms with E-state index in [-0.39, 0.29) is 13.4 Å². The van der Waals surface area contributed by atoms with Crippen molar-refractivity contribution >= 4 is 18.1 Å². The van der Waals surface area contributed by atoms with Gasteiger partial charge < -0.3 is 18.8 Å². The molecule has 152 valence electrons. The smallest absolute Gasteiger partial charge is 0.341 e. The quantitative estimate of drug-likeness (QED) is 0.404.